The van der Waals surface area contributed by atoms with Crippen molar-refractivity contribution in [1.29, 1.82) is 0 Å². The molecule has 9 nitrogen and oxygen atoms in total. The zero-order valence-corrected chi connectivity index (χ0v) is 38.3. The highest BCUT2D eigenvalue weighted by Gasteiger charge is 2.27. The number of ether oxygens (including phenoxy) is 2. The minimum absolute atomic E-state index is 0.0294. The smallest absolute Gasteiger partial charge is 0.462 e. The van der Waals surface area contributed by atoms with Crippen LogP contribution in [0.1, 0.15) is 219 Å². The number of allylic oxidation sites excluding steroid dienone is 2. The number of hydrogen-bond acceptors (Lipinski definition) is 7. The van der Waals surface area contributed by atoms with Gasteiger partial charge in [0.25, 0.3) is 0 Å². The Hall–Kier alpha value is -1.25. The van der Waals surface area contributed by atoms with Gasteiger partial charge in [0.1, 0.15) is 19.8 Å². The van der Waals surface area contributed by atoms with Crippen LogP contribution in [0, 0.1) is 0 Å². The van der Waals surface area contributed by atoms with E-state index in [9.17, 15) is 19.0 Å². The summed E-state index contributed by atoms with van der Waals surface area (Å²) in [5.74, 6) is -0.843. The van der Waals surface area contributed by atoms with Gasteiger partial charge in [-0.05, 0) is 25.7 Å². The van der Waals surface area contributed by atoms with Crippen molar-refractivity contribution in [3.05, 3.63) is 12.2 Å². The van der Waals surface area contributed by atoms with Gasteiger partial charge in [0.2, 0.25) is 0 Å². The van der Waals surface area contributed by atoms with E-state index in [1.807, 2.05) is 27.2 Å². The number of unbranched alkanes of at least 4 members (excludes halogenated alkanes) is 27. The van der Waals surface area contributed by atoms with Gasteiger partial charge in [-0.3, -0.25) is 18.6 Å². The number of quaternary nitrogens is 1. The topological polar surface area (TPSA) is 108 Å². The Labute approximate surface area is 346 Å². The number of likely N-dealkylation sites (N-methyl/N-ethyl adjacent to an activating group) is 1. The van der Waals surface area contributed by atoms with E-state index < -0.39 is 26.5 Å². The van der Waals surface area contributed by atoms with Crippen molar-refractivity contribution >= 4 is 19.8 Å². The van der Waals surface area contributed by atoms with Crippen LogP contribution in [0.4, 0.5) is 0 Å². The van der Waals surface area contributed by atoms with E-state index in [0.29, 0.717) is 17.4 Å². The number of carbonyl (C=O) groups excluding carboxylic acids is 2. The van der Waals surface area contributed by atoms with Crippen molar-refractivity contribution < 1.29 is 42.1 Å². The summed E-state index contributed by atoms with van der Waals surface area (Å²) < 4.78 is 34.3. The maximum absolute atomic E-state index is 12.7. The first-order chi connectivity index (χ1) is 27.0. The molecule has 0 saturated heterocycles. The van der Waals surface area contributed by atoms with Crippen molar-refractivity contribution in [1.82, 2.24) is 0 Å². The highest BCUT2D eigenvalue weighted by Crippen LogP contribution is 2.43. The van der Waals surface area contributed by atoms with Crippen LogP contribution in [0.5, 0.6) is 0 Å². The molecular formula is C46H91NO8P+. The zero-order valence-electron chi connectivity index (χ0n) is 37.4. The molecule has 2 atom stereocenters. The molecule has 332 valence electrons. The molecule has 0 saturated carbocycles. The van der Waals surface area contributed by atoms with E-state index >= 15 is 0 Å². The molecule has 0 fully saturated rings. The lowest BCUT2D eigenvalue weighted by Crippen LogP contribution is -2.37. The van der Waals surface area contributed by atoms with Crippen LogP contribution in [-0.4, -0.2) is 74.9 Å². The van der Waals surface area contributed by atoms with Gasteiger partial charge in [-0.2, -0.15) is 0 Å². The second-order valence-electron chi connectivity index (χ2n) is 17.1. The minimum Gasteiger partial charge on any atom is -0.462 e. The summed E-state index contributed by atoms with van der Waals surface area (Å²) in [5, 5.41) is 0. The molecule has 0 radical (unpaired) electrons. The number of rotatable bonds is 43. The van der Waals surface area contributed by atoms with Crippen LogP contribution in [0.3, 0.4) is 0 Å². The lowest BCUT2D eigenvalue weighted by molar-refractivity contribution is -0.870. The van der Waals surface area contributed by atoms with Gasteiger partial charge >= 0.3 is 19.8 Å². The van der Waals surface area contributed by atoms with Crippen molar-refractivity contribution in [3.63, 3.8) is 0 Å². The predicted molar refractivity (Wildman–Crippen MR) is 234 cm³/mol. The summed E-state index contributed by atoms with van der Waals surface area (Å²) in [5.41, 5.74) is 0. The van der Waals surface area contributed by atoms with Crippen molar-refractivity contribution in [3.8, 4) is 0 Å². The third-order valence-electron chi connectivity index (χ3n) is 10.3. The van der Waals surface area contributed by atoms with E-state index in [1.54, 1.807) is 0 Å². The zero-order chi connectivity index (χ0) is 41.4. The first kappa shape index (κ1) is 54.8. The molecule has 0 aliphatic rings. The lowest BCUT2D eigenvalue weighted by Gasteiger charge is -2.24. The molecule has 1 N–H and O–H groups in total. The molecule has 56 heavy (non-hydrogen) atoms. The van der Waals surface area contributed by atoms with Gasteiger partial charge in [0.05, 0.1) is 27.7 Å². The van der Waals surface area contributed by atoms with Crippen LogP contribution in [0.2, 0.25) is 0 Å². The van der Waals surface area contributed by atoms with E-state index in [4.69, 9.17) is 18.5 Å². The molecule has 0 bridgehead atoms. The first-order valence-electron chi connectivity index (χ1n) is 23.4. The Kier molecular flexibility index (Phi) is 38.3. The number of nitrogens with zero attached hydrogens (tertiary/aromatic N) is 1. The Morgan fingerprint density at radius 1 is 0.536 bits per heavy atom. The average molecular weight is 817 g/mol. The van der Waals surface area contributed by atoms with Gasteiger partial charge in [0, 0.05) is 12.8 Å². The van der Waals surface area contributed by atoms with Crippen LogP contribution in [-0.2, 0) is 32.7 Å². The monoisotopic (exact) mass is 817 g/mol. The first-order valence-corrected chi connectivity index (χ1v) is 24.9. The van der Waals surface area contributed by atoms with Crippen molar-refractivity contribution in [2.24, 2.45) is 0 Å². The van der Waals surface area contributed by atoms with Crippen LogP contribution < -0.4 is 0 Å². The highest BCUT2D eigenvalue weighted by atomic mass is 31.2. The second-order valence-corrected chi connectivity index (χ2v) is 18.6. The number of esters is 2. The molecule has 0 aromatic heterocycles. The molecule has 2 unspecified atom stereocenters. The van der Waals surface area contributed by atoms with Crippen LogP contribution in [0.25, 0.3) is 0 Å². The predicted octanol–water partition coefficient (Wildman–Crippen LogP) is 13.4. The van der Waals surface area contributed by atoms with E-state index in [2.05, 4.69) is 19.9 Å². The second kappa shape index (κ2) is 39.2. The normalized spacial score (nSPS) is 13.6. The fourth-order valence-electron chi connectivity index (χ4n) is 6.62. The molecule has 0 aliphatic carbocycles. The maximum Gasteiger partial charge on any atom is 0.472 e. The molecule has 0 aromatic rings. The third kappa shape index (κ3) is 42.4. The van der Waals surface area contributed by atoms with Gasteiger partial charge in [-0.15, -0.1) is 0 Å². The number of phosphoric ester groups is 1. The van der Waals surface area contributed by atoms with Crippen molar-refractivity contribution in [2.75, 3.05) is 47.5 Å². The molecule has 0 spiro atoms. The van der Waals surface area contributed by atoms with Crippen LogP contribution >= 0.6 is 7.82 Å². The summed E-state index contributed by atoms with van der Waals surface area (Å²) in [6.07, 6.45) is 41.3. The average Bonchev–Trinajstić information content (AvgIpc) is 3.15. The summed E-state index contributed by atoms with van der Waals surface area (Å²) in [6.45, 7) is 4.42. The highest BCUT2D eigenvalue weighted by molar-refractivity contribution is 7.47. The molecule has 0 amide bonds. The molecule has 10 heteroatoms. The number of phosphoric acid groups is 1. The van der Waals surface area contributed by atoms with Crippen LogP contribution in [0.15, 0.2) is 12.2 Å². The molecule has 0 aromatic carbocycles. The standard InChI is InChI=1S/C46H90NO8P/c1-6-8-10-12-14-16-18-20-22-23-25-26-28-30-32-34-36-38-45(48)52-42-44(43-54-56(50,51)53-41-40-47(3,4)5)55-46(49)39-37-35-33-31-29-27-24-21-19-17-15-13-11-9-7-2/h33,35,44H,6-32,34,36-43H2,1-5H3/p+1/b35-33-. The summed E-state index contributed by atoms with van der Waals surface area (Å²) in [6, 6.07) is 0. The Balaban J connectivity index is 4.32. The Morgan fingerprint density at radius 2 is 0.946 bits per heavy atom. The minimum atomic E-state index is -4.38. The molecule has 0 aliphatic heterocycles. The summed E-state index contributed by atoms with van der Waals surface area (Å²) in [7, 11) is 1.47. The van der Waals surface area contributed by atoms with E-state index in [0.717, 1.165) is 32.1 Å². The quantitative estimate of drug-likeness (QED) is 0.0213. The van der Waals surface area contributed by atoms with E-state index in [1.165, 1.54) is 154 Å². The van der Waals surface area contributed by atoms with Gasteiger partial charge in [0.15, 0.2) is 6.10 Å². The van der Waals surface area contributed by atoms with Crippen molar-refractivity contribution in [2.45, 2.75) is 225 Å². The Morgan fingerprint density at radius 3 is 1.39 bits per heavy atom. The maximum atomic E-state index is 12.7. The molecule has 0 heterocycles. The largest absolute Gasteiger partial charge is 0.472 e. The van der Waals surface area contributed by atoms with Gasteiger partial charge < -0.3 is 18.9 Å². The van der Waals surface area contributed by atoms with Gasteiger partial charge in [-0.1, -0.05) is 193 Å². The molecular weight excluding hydrogens is 725 g/mol. The summed E-state index contributed by atoms with van der Waals surface area (Å²) >= 11 is 0. The Bertz CT molecular complexity index is 969. The fourth-order valence-corrected chi connectivity index (χ4v) is 7.36. The third-order valence-corrected chi connectivity index (χ3v) is 11.3. The summed E-state index contributed by atoms with van der Waals surface area (Å²) in [4.78, 5) is 35.4. The number of carbonyl (C=O) groups is 2. The van der Waals surface area contributed by atoms with E-state index in [-0.39, 0.29) is 32.0 Å². The lowest BCUT2D eigenvalue weighted by atomic mass is 10.0. The fraction of sp³-hybridized carbons (Fsp3) is 0.913. The number of hydrogen-bond donors (Lipinski definition) is 1. The molecule has 0 rings (SSSR count). The SMILES string of the molecule is CCCCCCCCCCCCC/C=C\CCC(=O)OC(COC(=O)CCCCCCCCCCCCCCCCCCC)COP(=O)(O)OCC[N+](C)(C)C. The van der Waals surface area contributed by atoms with Gasteiger partial charge in [-0.25, -0.2) is 4.57 Å².